The zero-order valence-corrected chi connectivity index (χ0v) is 4.25. The first kappa shape index (κ1) is 9.66. The molecule has 0 fully saturated rings. The molecule has 0 aromatic carbocycles. The van der Waals surface area contributed by atoms with Gasteiger partial charge in [0.15, 0.2) is 0 Å². The van der Waals surface area contributed by atoms with E-state index in [1.54, 1.807) is 0 Å². The molecule has 0 saturated heterocycles. The fraction of sp³-hybridized carbons (Fsp3) is 0. The number of nitrogens with zero attached hydrogens (tertiary/aromatic N) is 2. The maximum absolute atomic E-state index is 7.56. The summed E-state index contributed by atoms with van der Waals surface area (Å²) < 4.78 is 0. The van der Waals surface area contributed by atoms with Crippen molar-refractivity contribution < 1.29 is 26.9 Å². The van der Waals surface area contributed by atoms with Crippen LogP contribution in [0.5, 0.6) is 0 Å². The SMILES string of the molecule is O/N=C\C=N/O.[Ni]. The van der Waals surface area contributed by atoms with E-state index in [2.05, 4.69) is 10.3 Å². The Kier molecular flexibility index (Phi) is 12.5. The predicted octanol–water partition coefficient (Wildman–Crippen LogP) is -0.0961. The maximum Gasteiger partial charge on any atom is 0.0877 e. The van der Waals surface area contributed by atoms with Gasteiger partial charge < -0.3 is 10.4 Å². The summed E-state index contributed by atoms with van der Waals surface area (Å²) in [7, 11) is 0. The molecule has 44 valence electrons. The van der Waals surface area contributed by atoms with Crippen molar-refractivity contribution in [3.05, 3.63) is 0 Å². The molecule has 0 aromatic rings. The fourth-order valence-corrected chi connectivity index (χ4v) is 0.0596. The summed E-state index contributed by atoms with van der Waals surface area (Å²) in [5, 5.41) is 20.1. The Morgan fingerprint density at radius 2 is 1.29 bits per heavy atom. The topological polar surface area (TPSA) is 65.2 Å². The fourth-order valence-electron chi connectivity index (χ4n) is 0.0596. The van der Waals surface area contributed by atoms with Crippen LogP contribution >= 0.6 is 0 Å². The molecule has 0 bridgehead atoms. The van der Waals surface area contributed by atoms with Gasteiger partial charge >= 0.3 is 0 Å². The van der Waals surface area contributed by atoms with Crippen LogP contribution in [0.25, 0.3) is 0 Å². The molecule has 0 aliphatic rings. The van der Waals surface area contributed by atoms with E-state index >= 15 is 0 Å². The van der Waals surface area contributed by atoms with Gasteiger partial charge in [-0.2, -0.15) is 0 Å². The van der Waals surface area contributed by atoms with E-state index in [0.717, 1.165) is 12.4 Å². The number of rotatable bonds is 1. The Labute approximate surface area is 50.4 Å². The van der Waals surface area contributed by atoms with Gasteiger partial charge in [-0.1, -0.05) is 10.3 Å². The Morgan fingerprint density at radius 1 is 1.00 bits per heavy atom. The molecule has 0 rings (SSSR count). The summed E-state index contributed by atoms with van der Waals surface area (Å²) in [5.41, 5.74) is 0. The van der Waals surface area contributed by atoms with E-state index in [1.165, 1.54) is 0 Å². The Morgan fingerprint density at radius 3 is 1.43 bits per heavy atom. The van der Waals surface area contributed by atoms with Gasteiger partial charge in [0, 0.05) is 16.5 Å². The van der Waals surface area contributed by atoms with Gasteiger partial charge in [0.25, 0.3) is 0 Å². The number of oxime groups is 2. The van der Waals surface area contributed by atoms with Crippen molar-refractivity contribution in [2.45, 2.75) is 0 Å². The summed E-state index contributed by atoms with van der Waals surface area (Å²) in [5.74, 6) is 0. The molecule has 0 aromatic heterocycles. The van der Waals surface area contributed by atoms with Crippen LogP contribution in [-0.2, 0) is 16.5 Å². The molecular formula is C2H4N2NiO2. The maximum atomic E-state index is 7.56. The molecular weight excluding hydrogens is 143 g/mol. The van der Waals surface area contributed by atoms with Gasteiger partial charge in [0.2, 0.25) is 0 Å². The summed E-state index contributed by atoms with van der Waals surface area (Å²) in [4.78, 5) is 0. The minimum atomic E-state index is 0. The van der Waals surface area contributed by atoms with E-state index in [0.29, 0.717) is 0 Å². The normalized spacial score (nSPS) is 9.71. The van der Waals surface area contributed by atoms with Crippen LogP contribution in [-0.4, -0.2) is 22.8 Å². The van der Waals surface area contributed by atoms with E-state index in [1.807, 2.05) is 0 Å². The quantitative estimate of drug-likeness (QED) is 0.235. The molecule has 7 heavy (non-hydrogen) atoms. The number of hydrogen-bond donors (Lipinski definition) is 2. The van der Waals surface area contributed by atoms with Crippen molar-refractivity contribution >= 4 is 12.4 Å². The first-order chi connectivity index (χ1) is 2.91. The third kappa shape index (κ3) is 10.8. The molecule has 0 atom stereocenters. The Bertz CT molecular complexity index is 62.1. The van der Waals surface area contributed by atoms with Crippen LogP contribution in [0.15, 0.2) is 10.3 Å². The van der Waals surface area contributed by atoms with Gasteiger partial charge in [-0.05, 0) is 0 Å². The molecule has 0 saturated carbocycles. The van der Waals surface area contributed by atoms with E-state index in [-0.39, 0.29) is 16.5 Å². The van der Waals surface area contributed by atoms with Gasteiger partial charge in [-0.3, -0.25) is 0 Å². The third-order valence-corrected chi connectivity index (χ3v) is 0.200. The van der Waals surface area contributed by atoms with Crippen LogP contribution in [0.2, 0.25) is 0 Å². The van der Waals surface area contributed by atoms with Crippen molar-refractivity contribution in [2.75, 3.05) is 0 Å². The van der Waals surface area contributed by atoms with Crippen molar-refractivity contribution in [1.82, 2.24) is 0 Å². The van der Waals surface area contributed by atoms with E-state index < -0.39 is 0 Å². The molecule has 0 radical (unpaired) electrons. The van der Waals surface area contributed by atoms with Crippen LogP contribution < -0.4 is 0 Å². The molecule has 2 N–H and O–H groups in total. The van der Waals surface area contributed by atoms with Crippen LogP contribution in [0, 0.1) is 0 Å². The standard InChI is InChI=1S/C2H4N2O2.Ni/c5-3-1-2-4-6;/h1-2,5-6H;/b3-1-,4-2-;. The molecule has 0 spiro atoms. The molecule has 5 heteroatoms. The number of hydrogen-bond acceptors (Lipinski definition) is 4. The molecule has 0 amide bonds. The van der Waals surface area contributed by atoms with Crippen molar-refractivity contribution in [2.24, 2.45) is 10.3 Å². The summed E-state index contributed by atoms with van der Waals surface area (Å²) in [6.45, 7) is 0. The third-order valence-electron chi connectivity index (χ3n) is 0.200. The second kappa shape index (κ2) is 9.06. The minimum Gasteiger partial charge on any atom is -0.411 e. The van der Waals surface area contributed by atoms with E-state index in [4.69, 9.17) is 10.4 Å². The zero-order chi connectivity index (χ0) is 4.83. The van der Waals surface area contributed by atoms with Crippen molar-refractivity contribution in [1.29, 1.82) is 0 Å². The smallest absolute Gasteiger partial charge is 0.0877 e. The minimum absolute atomic E-state index is 0. The molecule has 0 aliphatic heterocycles. The average molecular weight is 147 g/mol. The largest absolute Gasteiger partial charge is 0.411 e. The predicted molar refractivity (Wildman–Crippen MR) is 20.6 cm³/mol. The second-order valence-corrected chi connectivity index (χ2v) is 0.529. The first-order valence-electron chi connectivity index (χ1n) is 1.25. The molecule has 0 unspecified atom stereocenters. The van der Waals surface area contributed by atoms with Gasteiger partial charge in [-0.15, -0.1) is 0 Å². The van der Waals surface area contributed by atoms with E-state index in [9.17, 15) is 0 Å². The Balaban J connectivity index is 0. The molecule has 0 heterocycles. The van der Waals surface area contributed by atoms with Gasteiger partial charge in [-0.25, -0.2) is 0 Å². The van der Waals surface area contributed by atoms with Crippen molar-refractivity contribution in [3.63, 3.8) is 0 Å². The second-order valence-electron chi connectivity index (χ2n) is 0.529. The summed E-state index contributed by atoms with van der Waals surface area (Å²) in [6, 6.07) is 0. The van der Waals surface area contributed by atoms with Crippen LogP contribution in [0.4, 0.5) is 0 Å². The van der Waals surface area contributed by atoms with Crippen molar-refractivity contribution in [3.8, 4) is 0 Å². The monoisotopic (exact) mass is 146 g/mol. The van der Waals surface area contributed by atoms with Crippen LogP contribution in [0.1, 0.15) is 0 Å². The van der Waals surface area contributed by atoms with Gasteiger partial charge in [0.05, 0.1) is 12.4 Å². The van der Waals surface area contributed by atoms with Crippen LogP contribution in [0.3, 0.4) is 0 Å². The summed E-state index contributed by atoms with van der Waals surface area (Å²) in [6.07, 6.45) is 1.89. The molecule has 4 nitrogen and oxygen atoms in total. The average Bonchev–Trinajstić information content (AvgIpc) is 1.61. The van der Waals surface area contributed by atoms with Gasteiger partial charge in [0.1, 0.15) is 0 Å². The Hall–Kier alpha value is -0.566. The molecule has 0 aliphatic carbocycles. The zero-order valence-electron chi connectivity index (χ0n) is 3.26. The summed E-state index contributed by atoms with van der Waals surface area (Å²) >= 11 is 0. The first-order valence-corrected chi connectivity index (χ1v) is 1.25.